The molecule has 0 fully saturated rings. The second kappa shape index (κ2) is 9.97. The average molecular weight is 453 g/mol. The normalized spacial score (nSPS) is 12.6. The molecule has 0 aliphatic heterocycles. The molecule has 0 radical (unpaired) electrons. The zero-order valence-corrected chi connectivity index (χ0v) is 18.8. The second-order valence-corrected chi connectivity index (χ2v) is 8.51. The topological polar surface area (TPSA) is 98.9 Å². The summed E-state index contributed by atoms with van der Waals surface area (Å²) in [5.74, 6) is 0.649. The minimum atomic E-state index is -3.82. The predicted molar refractivity (Wildman–Crippen MR) is 117 cm³/mol. The summed E-state index contributed by atoms with van der Waals surface area (Å²) >= 11 is 6.26. The molecular weight excluding hydrogens is 428 g/mol. The van der Waals surface area contributed by atoms with Gasteiger partial charge < -0.3 is 14.4 Å². The van der Waals surface area contributed by atoms with E-state index in [4.69, 9.17) is 26.2 Å². The van der Waals surface area contributed by atoms with E-state index >= 15 is 0 Å². The minimum Gasteiger partial charge on any atom is -0.493 e. The summed E-state index contributed by atoms with van der Waals surface area (Å²) in [6.07, 6.45) is 3.03. The van der Waals surface area contributed by atoms with E-state index in [2.05, 4.69) is 0 Å². The smallest absolute Gasteiger partial charge is 0.246 e. The Balaban J connectivity index is 2.21. The van der Waals surface area contributed by atoms with Crippen LogP contribution in [0.2, 0.25) is 5.02 Å². The van der Waals surface area contributed by atoms with Crippen molar-refractivity contribution < 1.29 is 22.7 Å². The van der Waals surface area contributed by atoms with Crippen molar-refractivity contribution in [2.24, 2.45) is 5.14 Å². The van der Waals surface area contributed by atoms with Crippen molar-refractivity contribution in [3.8, 4) is 11.5 Å². The highest BCUT2D eigenvalue weighted by atomic mass is 35.5. The van der Waals surface area contributed by atoms with Crippen LogP contribution in [0.3, 0.4) is 0 Å². The van der Waals surface area contributed by atoms with Gasteiger partial charge in [0, 0.05) is 13.1 Å². The predicted octanol–water partition coefficient (Wildman–Crippen LogP) is 3.63. The van der Waals surface area contributed by atoms with Crippen molar-refractivity contribution in [1.82, 2.24) is 4.90 Å². The summed E-state index contributed by atoms with van der Waals surface area (Å²) in [7, 11) is -0.678. The first-order valence-electron chi connectivity index (χ1n) is 9.16. The summed E-state index contributed by atoms with van der Waals surface area (Å²) in [5, 5.41) is 5.57. The molecule has 2 rings (SSSR count). The van der Waals surface area contributed by atoms with Gasteiger partial charge in [-0.3, -0.25) is 4.79 Å². The monoisotopic (exact) mass is 452 g/mol. The van der Waals surface area contributed by atoms with E-state index in [0.29, 0.717) is 34.3 Å². The van der Waals surface area contributed by atoms with Crippen molar-refractivity contribution in [3.63, 3.8) is 0 Å². The summed E-state index contributed by atoms with van der Waals surface area (Å²) in [6, 6.07) is 9.23. The van der Waals surface area contributed by atoms with Crippen LogP contribution >= 0.6 is 11.6 Å². The van der Waals surface area contributed by atoms with Gasteiger partial charge in [-0.2, -0.15) is 0 Å². The number of benzene rings is 2. The molecule has 7 nitrogen and oxygen atoms in total. The van der Waals surface area contributed by atoms with Crippen molar-refractivity contribution in [2.45, 2.75) is 24.8 Å². The SMILES string of the molecule is CCOc1c(Cl)cc(/C=C/C(=O)N(C)C(C)c2cccc(S(N)(=O)=O)c2)cc1OC. The fraction of sp³-hybridized carbons (Fsp3) is 0.286. The van der Waals surface area contributed by atoms with Gasteiger partial charge in [-0.25, -0.2) is 13.6 Å². The van der Waals surface area contributed by atoms with Crippen LogP contribution in [0.5, 0.6) is 11.5 Å². The molecule has 0 saturated carbocycles. The first-order chi connectivity index (χ1) is 14.1. The number of methoxy groups -OCH3 is 1. The molecule has 1 amide bonds. The van der Waals surface area contributed by atoms with E-state index < -0.39 is 10.0 Å². The van der Waals surface area contributed by atoms with Crippen molar-refractivity contribution >= 4 is 33.6 Å². The molecule has 9 heteroatoms. The first-order valence-corrected chi connectivity index (χ1v) is 11.1. The molecule has 2 aromatic rings. The Labute approximate surface area is 182 Å². The second-order valence-electron chi connectivity index (χ2n) is 6.54. The average Bonchev–Trinajstić information content (AvgIpc) is 2.71. The van der Waals surface area contributed by atoms with Crippen LogP contribution in [-0.2, 0) is 14.8 Å². The van der Waals surface area contributed by atoms with Gasteiger partial charge in [0.15, 0.2) is 11.5 Å². The first kappa shape index (κ1) is 23.7. The molecule has 0 aliphatic rings. The molecular formula is C21H25ClN2O5S. The number of amides is 1. The maximum Gasteiger partial charge on any atom is 0.246 e. The molecule has 0 aliphatic carbocycles. The molecule has 0 heterocycles. The van der Waals surface area contributed by atoms with Crippen LogP contribution in [0.4, 0.5) is 0 Å². The summed E-state index contributed by atoms with van der Waals surface area (Å²) in [4.78, 5) is 14.1. The van der Waals surface area contributed by atoms with Gasteiger partial charge in [0.2, 0.25) is 15.9 Å². The summed E-state index contributed by atoms with van der Waals surface area (Å²) in [6.45, 7) is 4.09. The van der Waals surface area contributed by atoms with E-state index in [9.17, 15) is 13.2 Å². The lowest BCUT2D eigenvalue weighted by Gasteiger charge is -2.24. The molecule has 1 unspecified atom stereocenters. The summed E-state index contributed by atoms with van der Waals surface area (Å²) < 4.78 is 33.9. The fourth-order valence-electron chi connectivity index (χ4n) is 2.77. The Bertz CT molecular complexity index is 1050. The Kier molecular flexibility index (Phi) is 7.89. The standard InChI is InChI=1S/C21H25ClN2O5S/c1-5-29-21-18(22)11-15(12-19(21)28-4)9-10-20(25)24(3)14(2)16-7-6-8-17(13-16)30(23,26)27/h6-14H,5H2,1-4H3,(H2,23,26,27)/b10-9+. The largest absolute Gasteiger partial charge is 0.493 e. The van der Waals surface area contributed by atoms with Crippen LogP contribution in [-0.4, -0.2) is 40.0 Å². The van der Waals surface area contributed by atoms with Crippen LogP contribution < -0.4 is 14.6 Å². The molecule has 0 spiro atoms. The van der Waals surface area contributed by atoms with Crippen molar-refractivity contribution in [3.05, 3.63) is 58.6 Å². The number of nitrogens with two attached hydrogens (primary N) is 1. The molecule has 1 atom stereocenters. The molecule has 0 aromatic heterocycles. The molecule has 0 bridgehead atoms. The fourth-order valence-corrected chi connectivity index (χ4v) is 3.61. The number of primary sulfonamides is 1. The number of carbonyl (C=O) groups is 1. The summed E-state index contributed by atoms with van der Waals surface area (Å²) in [5.41, 5.74) is 1.32. The third-order valence-electron chi connectivity index (χ3n) is 4.56. The molecule has 30 heavy (non-hydrogen) atoms. The van der Waals surface area contributed by atoms with Gasteiger partial charge in [-0.05, 0) is 55.3 Å². The van der Waals surface area contributed by atoms with Gasteiger partial charge in [0.25, 0.3) is 0 Å². The maximum atomic E-state index is 12.6. The van der Waals surface area contributed by atoms with Gasteiger partial charge in [0.05, 0.1) is 29.7 Å². The minimum absolute atomic E-state index is 0.000587. The lowest BCUT2D eigenvalue weighted by Crippen LogP contribution is -2.28. The lowest BCUT2D eigenvalue weighted by atomic mass is 10.1. The van der Waals surface area contributed by atoms with Gasteiger partial charge in [-0.1, -0.05) is 23.7 Å². The van der Waals surface area contributed by atoms with Crippen LogP contribution in [0.15, 0.2) is 47.4 Å². The maximum absolute atomic E-state index is 12.6. The Morgan fingerprint density at radius 1 is 1.30 bits per heavy atom. The van der Waals surface area contributed by atoms with E-state index in [0.717, 1.165) is 0 Å². The lowest BCUT2D eigenvalue weighted by molar-refractivity contribution is -0.126. The highest BCUT2D eigenvalue weighted by Gasteiger charge is 2.18. The van der Waals surface area contributed by atoms with E-state index in [1.54, 1.807) is 44.3 Å². The number of nitrogens with zero attached hydrogens (tertiary/aromatic N) is 1. The Hall–Kier alpha value is -2.55. The molecule has 0 saturated heterocycles. The zero-order valence-electron chi connectivity index (χ0n) is 17.3. The number of sulfonamides is 1. The van der Waals surface area contributed by atoms with E-state index in [-0.39, 0.29) is 16.8 Å². The third kappa shape index (κ3) is 5.75. The molecule has 162 valence electrons. The molecule has 2 aromatic carbocycles. The van der Waals surface area contributed by atoms with Gasteiger partial charge in [-0.15, -0.1) is 0 Å². The quantitative estimate of drug-likeness (QED) is 0.616. The number of halogens is 1. The van der Waals surface area contributed by atoms with Crippen molar-refractivity contribution in [1.29, 1.82) is 0 Å². The number of carbonyl (C=O) groups excluding carboxylic acids is 1. The van der Waals surface area contributed by atoms with Crippen LogP contribution in [0.1, 0.15) is 31.0 Å². The van der Waals surface area contributed by atoms with E-state index in [1.807, 2.05) is 6.92 Å². The number of rotatable bonds is 8. The highest BCUT2D eigenvalue weighted by Crippen LogP contribution is 2.36. The third-order valence-corrected chi connectivity index (χ3v) is 5.75. The van der Waals surface area contributed by atoms with E-state index in [1.165, 1.54) is 30.2 Å². The van der Waals surface area contributed by atoms with Crippen molar-refractivity contribution in [2.75, 3.05) is 20.8 Å². The number of ether oxygens (including phenoxy) is 2. The van der Waals surface area contributed by atoms with Gasteiger partial charge in [0.1, 0.15) is 0 Å². The molecule has 2 N–H and O–H groups in total. The zero-order chi connectivity index (χ0) is 22.5. The Morgan fingerprint density at radius 2 is 2.00 bits per heavy atom. The number of hydrogen-bond donors (Lipinski definition) is 1. The number of hydrogen-bond acceptors (Lipinski definition) is 5. The number of likely N-dealkylation sites (N-methyl/N-ethyl adjacent to an activating group) is 1. The van der Waals surface area contributed by atoms with Crippen LogP contribution in [0, 0.1) is 0 Å². The Morgan fingerprint density at radius 3 is 2.60 bits per heavy atom. The van der Waals surface area contributed by atoms with Crippen LogP contribution in [0.25, 0.3) is 6.08 Å². The van der Waals surface area contributed by atoms with Gasteiger partial charge >= 0.3 is 0 Å². The highest BCUT2D eigenvalue weighted by molar-refractivity contribution is 7.89.